The standard InChI is InChI=1S/C26H18F3NO3/c1-14-6-9-16(10-7-14)22-21-23(31)19-12-15(2)8-11-20(19)33-24(21)25(32)30(22)18-5-3-4-17(13-18)26(27,28)29/h3-13,22H,1-2H3. The Morgan fingerprint density at radius 1 is 0.879 bits per heavy atom. The van der Waals surface area contributed by atoms with Crippen molar-refractivity contribution in [2.24, 2.45) is 0 Å². The molecular weight excluding hydrogens is 431 g/mol. The number of benzene rings is 3. The Morgan fingerprint density at radius 3 is 2.27 bits per heavy atom. The Balaban J connectivity index is 1.79. The van der Waals surface area contributed by atoms with Crippen LogP contribution in [0.15, 0.2) is 75.9 Å². The third-order valence-corrected chi connectivity index (χ3v) is 5.87. The second-order valence-electron chi connectivity index (χ2n) is 8.21. The molecule has 0 radical (unpaired) electrons. The Kier molecular flexibility index (Phi) is 4.67. The summed E-state index contributed by atoms with van der Waals surface area (Å²) in [6.07, 6.45) is -4.58. The molecule has 5 rings (SSSR count). The molecule has 1 aliphatic heterocycles. The van der Waals surface area contributed by atoms with E-state index in [0.717, 1.165) is 23.3 Å². The molecule has 1 aromatic heterocycles. The number of hydrogen-bond donors (Lipinski definition) is 0. The number of halogens is 3. The smallest absolute Gasteiger partial charge is 0.416 e. The molecular formula is C26H18F3NO3. The summed E-state index contributed by atoms with van der Waals surface area (Å²) in [5.74, 6) is -0.811. The van der Waals surface area contributed by atoms with Crippen molar-refractivity contribution in [2.45, 2.75) is 26.1 Å². The lowest BCUT2D eigenvalue weighted by atomic mass is 9.97. The molecule has 0 saturated heterocycles. The van der Waals surface area contributed by atoms with E-state index in [2.05, 4.69) is 0 Å². The molecule has 0 spiro atoms. The first-order valence-electron chi connectivity index (χ1n) is 10.3. The summed E-state index contributed by atoms with van der Waals surface area (Å²) in [4.78, 5) is 28.2. The average molecular weight is 449 g/mol. The molecule has 4 aromatic rings. The Bertz CT molecular complexity index is 1470. The van der Waals surface area contributed by atoms with Gasteiger partial charge in [0, 0.05) is 5.69 Å². The average Bonchev–Trinajstić information content (AvgIpc) is 3.07. The van der Waals surface area contributed by atoms with Gasteiger partial charge in [-0.2, -0.15) is 13.2 Å². The van der Waals surface area contributed by atoms with E-state index in [1.165, 1.54) is 17.0 Å². The van der Waals surface area contributed by atoms with Crippen LogP contribution in [-0.2, 0) is 6.18 Å². The molecule has 1 amide bonds. The fourth-order valence-corrected chi connectivity index (χ4v) is 4.25. The molecule has 1 aliphatic rings. The molecule has 0 N–H and O–H groups in total. The number of carbonyl (C=O) groups excluding carboxylic acids is 1. The van der Waals surface area contributed by atoms with Crippen molar-refractivity contribution in [1.29, 1.82) is 0 Å². The number of rotatable bonds is 2. The van der Waals surface area contributed by atoms with Crippen LogP contribution in [0.5, 0.6) is 0 Å². The Labute approximate surface area is 186 Å². The minimum absolute atomic E-state index is 0.0337. The number of hydrogen-bond acceptors (Lipinski definition) is 3. The van der Waals surface area contributed by atoms with Gasteiger partial charge in [0.05, 0.1) is 22.6 Å². The largest absolute Gasteiger partial charge is 0.450 e. The van der Waals surface area contributed by atoms with Crippen LogP contribution in [0.25, 0.3) is 11.0 Å². The minimum atomic E-state index is -4.58. The van der Waals surface area contributed by atoms with Gasteiger partial charge in [0.1, 0.15) is 5.58 Å². The van der Waals surface area contributed by atoms with Crippen molar-refractivity contribution in [3.8, 4) is 0 Å². The molecule has 4 nitrogen and oxygen atoms in total. The summed E-state index contributed by atoms with van der Waals surface area (Å²) < 4.78 is 46.1. The van der Waals surface area contributed by atoms with Crippen molar-refractivity contribution in [1.82, 2.24) is 0 Å². The van der Waals surface area contributed by atoms with Gasteiger partial charge in [0.25, 0.3) is 5.91 Å². The molecule has 0 fully saturated rings. The van der Waals surface area contributed by atoms with Crippen molar-refractivity contribution < 1.29 is 22.4 Å². The Hall–Kier alpha value is -3.87. The zero-order valence-electron chi connectivity index (χ0n) is 17.7. The summed E-state index contributed by atoms with van der Waals surface area (Å²) in [6.45, 7) is 3.73. The van der Waals surface area contributed by atoms with Crippen LogP contribution in [0, 0.1) is 13.8 Å². The number of anilines is 1. The van der Waals surface area contributed by atoms with Crippen LogP contribution in [0.4, 0.5) is 18.9 Å². The predicted molar refractivity (Wildman–Crippen MR) is 118 cm³/mol. The van der Waals surface area contributed by atoms with Gasteiger partial charge in [-0.1, -0.05) is 47.5 Å². The number of carbonyl (C=O) groups is 1. The maximum Gasteiger partial charge on any atom is 0.416 e. The van der Waals surface area contributed by atoms with Crippen molar-refractivity contribution >= 4 is 22.6 Å². The van der Waals surface area contributed by atoms with Gasteiger partial charge in [0.15, 0.2) is 5.43 Å². The van der Waals surface area contributed by atoms with Crippen molar-refractivity contribution in [3.05, 3.63) is 111 Å². The Morgan fingerprint density at radius 2 is 1.58 bits per heavy atom. The predicted octanol–water partition coefficient (Wildman–Crippen LogP) is 6.18. The number of nitrogens with zero attached hydrogens (tertiary/aromatic N) is 1. The lowest BCUT2D eigenvalue weighted by Crippen LogP contribution is -2.29. The van der Waals surface area contributed by atoms with E-state index in [1.807, 2.05) is 26.0 Å². The van der Waals surface area contributed by atoms with E-state index in [9.17, 15) is 22.8 Å². The number of amides is 1. The molecule has 166 valence electrons. The van der Waals surface area contributed by atoms with Gasteiger partial charge in [-0.3, -0.25) is 14.5 Å². The molecule has 3 aromatic carbocycles. The third kappa shape index (κ3) is 3.40. The maximum absolute atomic E-state index is 13.6. The van der Waals surface area contributed by atoms with Gasteiger partial charge in [0.2, 0.25) is 5.76 Å². The molecule has 0 saturated carbocycles. The summed E-state index contributed by atoms with van der Waals surface area (Å²) in [7, 11) is 0. The number of aryl methyl sites for hydroxylation is 2. The van der Waals surface area contributed by atoms with Crippen LogP contribution in [0.3, 0.4) is 0 Å². The van der Waals surface area contributed by atoms with Crippen LogP contribution in [-0.4, -0.2) is 5.91 Å². The molecule has 33 heavy (non-hydrogen) atoms. The number of alkyl halides is 3. The highest BCUT2D eigenvalue weighted by Crippen LogP contribution is 2.42. The van der Waals surface area contributed by atoms with Crippen molar-refractivity contribution in [3.63, 3.8) is 0 Å². The quantitative estimate of drug-likeness (QED) is 0.367. The van der Waals surface area contributed by atoms with Gasteiger partial charge in [-0.05, 0) is 49.7 Å². The van der Waals surface area contributed by atoms with Crippen LogP contribution in [0.2, 0.25) is 0 Å². The molecule has 0 bridgehead atoms. The molecule has 1 unspecified atom stereocenters. The summed E-state index contributed by atoms with van der Waals surface area (Å²) in [6, 6.07) is 15.9. The highest BCUT2D eigenvalue weighted by molar-refractivity contribution is 6.10. The van der Waals surface area contributed by atoms with Gasteiger partial charge in [-0.15, -0.1) is 0 Å². The SMILES string of the molecule is Cc1ccc(C2c3c(oc4ccc(C)cc4c3=O)C(=O)N2c2cccc(C(F)(F)F)c2)cc1. The zero-order chi connectivity index (χ0) is 23.5. The van der Waals surface area contributed by atoms with E-state index < -0.39 is 23.7 Å². The summed E-state index contributed by atoms with van der Waals surface area (Å²) >= 11 is 0. The van der Waals surface area contributed by atoms with E-state index in [1.54, 1.807) is 30.3 Å². The first-order chi connectivity index (χ1) is 15.6. The van der Waals surface area contributed by atoms with E-state index >= 15 is 0 Å². The summed E-state index contributed by atoms with van der Waals surface area (Å²) in [5, 5.41) is 0.324. The van der Waals surface area contributed by atoms with Crippen LogP contribution >= 0.6 is 0 Å². The molecule has 1 atom stereocenters. The molecule has 2 heterocycles. The fraction of sp³-hybridized carbons (Fsp3) is 0.154. The highest BCUT2D eigenvalue weighted by Gasteiger charge is 2.44. The van der Waals surface area contributed by atoms with Crippen molar-refractivity contribution in [2.75, 3.05) is 4.90 Å². The first-order valence-corrected chi connectivity index (χ1v) is 10.3. The fourth-order valence-electron chi connectivity index (χ4n) is 4.25. The maximum atomic E-state index is 13.6. The lowest BCUT2D eigenvalue weighted by Gasteiger charge is -2.26. The number of fused-ring (bicyclic) bond motifs is 2. The third-order valence-electron chi connectivity index (χ3n) is 5.87. The second-order valence-corrected chi connectivity index (χ2v) is 8.21. The minimum Gasteiger partial charge on any atom is -0.450 e. The van der Waals surface area contributed by atoms with Gasteiger partial charge in [-0.25, -0.2) is 0 Å². The summed E-state index contributed by atoms with van der Waals surface area (Å²) in [5.41, 5.74) is 1.58. The molecule has 7 heteroatoms. The van der Waals surface area contributed by atoms with Gasteiger partial charge >= 0.3 is 6.18 Å². The van der Waals surface area contributed by atoms with E-state index in [0.29, 0.717) is 10.9 Å². The highest BCUT2D eigenvalue weighted by atomic mass is 19.4. The zero-order valence-corrected chi connectivity index (χ0v) is 17.7. The topological polar surface area (TPSA) is 50.5 Å². The molecule has 0 aliphatic carbocycles. The normalized spacial score (nSPS) is 15.8. The van der Waals surface area contributed by atoms with Crippen LogP contribution in [0.1, 0.15) is 44.4 Å². The second kappa shape index (κ2) is 7.33. The van der Waals surface area contributed by atoms with Gasteiger partial charge < -0.3 is 4.42 Å². The lowest BCUT2D eigenvalue weighted by molar-refractivity contribution is -0.137. The van der Waals surface area contributed by atoms with Crippen LogP contribution < -0.4 is 10.3 Å². The monoisotopic (exact) mass is 449 g/mol. The van der Waals surface area contributed by atoms with E-state index in [-0.39, 0.29) is 28.0 Å². The first kappa shape index (κ1) is 21.0. The van der Waals surface area contributed by atoms with E-state index in [4.69, 9.17) is 4.42 Å².